The van der Waals surface area contributed by atoms with Crippen molar-refractivity contribution in [2.45, 2.75) is 6.54 Å². The molecule has 0 bridgehead atoms. The maximum Gasteiger partial charge on any atom is 0.153 e. The topological polar surface area (TPSA) is 17.3 Å². The summed E-state index contributed by atoms with van der Waals surface area (Å²) in [6.07, 6.45) is 2.02. The van der Waals surface area contributed by atoms with Gasteiger partial charge in [-0.05, 0) is 47.5 Å². The normalized spacial score (nSPS) is 13.1. The molecule has 0 fully saturated rings. The number of fused-ring (bicyclic) bond motifs is 2. The van der Waals surface area contributed by atoms with Crippen molar-refractivity contribution < 1.29 is 4.39 Å². The fourth-order valence-corrected chi connectivity index (χ4v) is 3.41. The lowest BCUT2D eigenvalue weighted by Gasteiger charge is -2.06. The smallest absolute Gasteiger partial charge is 0.153 e. The van der Waals surface area contributed by atoms with E-state index < -0.39 is 0 Å². The Hall–Kier alpha value is -1.91. The summed E-state index contributed by atoms with van der Waals surface area (Å²) in [7, 11) is 0. The summed E-state index contributed by atoms with van der Waals surface area (Å²) in [6, 6.07) is 14.4. The van der Waals surface area contributed by atoms with Crippen LogP contribution in [-0.2, 0) is 6.54 Å². The second-order valence-electron chi connectivity index (χ2n) is 5.42. The molecule has 0 N–H and O–H groups in total. The van der Waals surface area contributed by atoms with Gasteiger partial charge >= 0.3 is 0 Å². The Bertz CT molecular complexity index is 929. The van der Waals surface area contributed by atoms with E-state index in [0.29, 0.717) is 11.7 Å². The van der Waals surface area contributed by atoms with Gasteiger partial charge in [-0.3, -0.25) is 0 Å². The Morgan fingerprint density at radius 3 is 2.61 bits per heavy atom. The van der Waals surface area contributed by atoms with Gasteiger partial charge in [0, 0.05) is 22.8 Å². The summed E-state index contributed by atoms with van der Waals surface area (Å²) in [5.41, 5.74) is 4.78. The number of rotatable bonds is 1. The quantitative estimate of drug-likeness (QED) is 0.505. The van der Waals surface area contributed by atoms with Gasteiger partial charge in [-0.15, -0.1) is 0 Å². The van der Waals surface area contributed by atoms with E-state index in [-0.39, 0.29) is 5.82 Å². The first-order chi connectivity index (χ1) is 11.1. The molecule has 23 heavy (non-hydrogen) atoms. The average molecular weight is 390 g/mol. The third kappa shape index (κ3) is 2.73. The van der Waals surface area contributed by atoms with Crippen LogP contribution in [0.2, 0.25) is 0 Å². The second kappa shape index (κ2) is 5.62. The second-order valence-corrected chi connectivity index (χ2v) is 6.70. The first kappa shape index (κ1) is 14.7. The van der Waals surface area contributed by atoms with E-state index in [2.05, 4.69) is 31.6 Å². The highest BCUT2D eigenvalue weighted by atomic mass is 79.9. The molecule has 2 nitrogen and oxygen atoms in total. The van der Waals surface area contributed by atoms with Crippen LogP contribution >= 0.6 is 27.5 Å². The van der Waals surface area contributed by atoms with Crippen LogP contribution < -0.4 is 0 Å². The predicted molar refractivity (Wildman–Crippen MR) is 95.1 cm³/mol. The molecule has 1 aliphatic heterocycles. The molecule has 0 atom stereocenters. The van der Waals surface area contributed by atoms with Gasteiger partial charge < -0.3 is 4.57 Å². The zero-order valence-electron chi connectivity index (χ0n) is 11.9. The molecule has 114 valence electrons. The summed E-state index contributed by atoms with van der Waals surface area (Å²) in [4.78, 5) is 4.52. The Morgan fingerprint density at radius 1 is 1.04 bits per heavy atom. The lowest BCUT2D eigenvalue weighted by molar-refractivity contribution is 0.628. The highest BCUT2D eigenvalue weighted by Gasteiger charge is 2.17. The molecular formula is C18H11BrClFN2. The SMILES string of the molecule is Fc1ccc(-c2cc3n(c2)Cc2cc(Br)ccc2N=C3Cl)cc1. The van der Waals surface area contributed by atoms with E-state index in [4.69, 9.17) is 11.6 Å². The molecule has 0 unspecified atom stereocenters. The number of halogens is 3. The van der Waals surface area contributed by atoms with Gasteiger partial charge in [0.15, 0.2) is 5.17 Å². The fraction of sp³-hybridized carbons (Fsp3) is 0.0556. The molecule has 4 rings (SSSR count). The molecule has 0 aliphatic carbocycles. The van der Waals surface area contributed by atoms with Crippen LogP contribution in [0.4, 0.5) is 10.1 Å². The fourth-order valence-electron chi connectivity index (χ4n) is 2.75. The van der Waals surface area contributed by atoms with Gasteiger partial charge in [0.2, 0.25) is 0 Å². The predicted octanol–water partition coefficient (Wildman–Crippen LogP) is 5.74. The highest BCUT2D eigenvalue weighted by molar-refractivity contribution is 9.10. The molecule has 0 radical (unpaired) electrons. The zero-order valence-corrected chi connectivity index (χ0v) is 14.3. The first-order valence-corrected chi connectivity index (χ1v) is 8.26. The third-order valence-corrected chi connectivity index (χ3v) is 4.66. The number of benzene rings is 2. The Kier molecular flexibility index (Phi) is 3.58. The standard InChI is InChI=1S/C18H11BrClFN2/c19-14-3-6-16-13(7-14)10-23-9-12(8-17(23)18(20)22-16)11-1-4-15(21)5-2-11/h1-9H,10H2. The number of nitrogens with zero attached hydrogens (tertiary/aromatic N) is 2. The number of aliphatic imine (C=N–C) groups is 1. The molecule has 2 heterocycles. The van der Waals surface area contributed by atoms with Gasteiger partial charge in [-0.25, -0.2) is 9.38 Å². The molecule has 1 aliphatic rings. The monoisotopic (exact) mass is 388 g/mol. The van der Waals surface area contributed by atoms with E-state index in [1.807, 2.05) is 24.4 Å². The maximum absolute atomic E-state index is 13.1. The zero-order chi connectivity index (χ0) is 16.0. The van der Waals surface area contributed by atoms with Crippen LogP contribution in [-0.4, -0.2) is 9.74 Å². The molecular weight excluding hydrogens is 379 g/mol. The molecule has 2 aromatic carbocycles. The maximum atomic E-state index is 13.1. The molecule has 5 heteroatoms. The minimum Gasteiger partial charge on any atom is -0.340 e. The van der Waals surface area contributed by atoms with Gasteiger partial charge in [0.05, 0.1) is 11.4 Å². The van der Waals surface area contributed by atoms with E-state index in [1.165, 1.54) is 12.1 Å². The van der Waals surface area contributed by atoms with Crippen molar-refractivity contribution in [1.82, 2.24) is 4.57 Å². The van der Waals surface area contributed by atoms with Gasteiger partial charge in [0.1, 0.15) is 5.82 Å². The highest BCUT2D eigenvalue weighted by Crippen LogP contribution is 2.32. The van der Waals surface area contributed by atoms with E-state index >= 15 is 0 Å². The van der Waals surface area contributed by atoms with Crippen LogP contribution in [0.5, 0.6) is 0 Å². The van der Waals surface area contributed by atoms with Crippen LogP contribution in [0.3, 0.4) is 0 Å². The van der Waals surface area contributed by atoms with Crippen LogP contribution in [0.15, 0.2) is 64.2 Å². The van der Waals surface area contributed by atoms with Crippen molar-refractivity contribution >= 4 is 38.4 Å². The van der Waals surface area contributed by atoms with Crippen LogP contribution in [0.1, 0.15) is 11.3 Å². The summed E-state index contributed by atoms with van der Waals surface area (Å²) >= 11 is 9.90. The lowest BCUT2D eigenvalue weighted by atomic mass is 10.1. The Labute approximate surface area is 146 Å². The number of hydrogen-bond acceptors (Lipinski definition) is 1. The van der Waals surface area contributed by atoms with Crippen LogP contribution in [0.25, 0.3) is 11.1 Å². The lowest BCUT2D eigenvalue weighted by Crippen LogP contribution is -2.03. The van der Waals surface area contributed by atoms with Crippen molar-refractivity contribution in [3.05, 3.63) is 76.3 Å². The molecule has 0 saturated carbocycles. The molecule has 1 aromatic heterocycles. The van der Waals surface area contributed by atoms with E-state index in [9.17, 15) is 4.39 Å². The van der Waals surface area contributed by atoms with Crippen molar-refractivity contribution in [2.75, 3.05) is 0 Å². The Morgan fingerprint density at radius 2 is 1.83 bits per heavy atom. The minimum atomic E-state index is -0.243. The van der Waals surface area contributed by atoms with Crippen molar-refractivity contribution in [3.63, 3.8) is 0 Å². The van der Waals surface area contributed by atoms with Gasteiger partial charge in [0.25, 0.3) is 0 Å². The summed E-state index contributed by atoms with van der Waals surface area (Å²) < 4.78 is 16.2. The van der Waals surface area contributed by atoms with Crippen molar-refractivity contribution in [3.8, 4) is 11.1 Å². The molecule has 0 amide bonds. The first-order valence-electron chi connectivity index (χ1n) is 7.09. The average Bonchev–Trinajstić information content (AvgIpc) is 2.89. The van der Waals surface area contributed by atoms with Crippen molar-refractivity contribution in [2.24, 2.45) is 4.99 Å². The summed E-state index contributed by atoms with van der Waals surface area (Å²) in [6.45, 7) is 0.686. The van der Waals surface area contributed by atoms with Gasteiger partial charge in [-0.1, -0.05) is 39.7 Å². The molecule has 0 spiro atoms. The largest absolute Gasteiger partial charge is 0.340 e. The molecule has 0 saturated heterocycles. The molecule has 3 aromatic rings. The van der Waals surface area contributed by atoms with Gasteiger partial charge in [-0.2, -0.15) is 0 Å². The Balaban J connectivity index is 1.82. The summed E-state index contributed by atoms with van der Waals surface area (Å²) in [5.74, 6) is -0.243. The third-order valence-electron chi connectivity index (χ3n) is 3.89. The van der Waals surface area contributed by atoms with Crippen molar-refractivity contribution in [1.29, 1.82) is 0 Å². The van der Waals surface area contributed by atoms with Crippen LogP contribution in [0, 0.1) is 5.82 Å². The van der Waals surface area contributed by atoms with E-state index in [0.717, 1.165) is 32.5 Å². The number of aromatic nitrogens is 1. The van der Waals surface area contributed by atoms with E-state index in [1.54, 1.807) is 12.1 Å². The summed E-state index contributed by atoms with van der Waals surface area (Å²) in [5, 5.41) is 0.458. The number of hydrogen-bond donors (Lipinski definition) is 0. The minimum absolute atomic E-state index is 0.243.